The monoisotopic (exact) mass is 211 g/mol. The van der Waals surface area contributed by atoms with Gasteiger partial charge in [-0.2, -0.15) is 13.2 Å². The van der Waals surface area contributed by atoms with Crippen molar-refractivity contribution in [1.29, 1.82) is 0 Å². The zero-order valence-electron chi connectivity index (χ0n) is 7.51. The lowest BCUT2D eigenvalue weighted by atomic mass is 10.1. The van der Waals surface area contributed by atoms with Crippen LogP contribution < -0.4 is 0 Å². The van der Waals surface area contributed by atoms with Gasteiger partial charge in [0.25, 0.3) is 0 Å². The molecule has 0 saturated heterocycles. The highest BCUT2D eigenvalue weighted by Gasteiger charge is 2.30. The average molecular weight is 211 g/mol. The second-order valence-electron chi connectivity index (χ2n) is 3.19. The van der Waals surface area contributed by atoms with Crippen LogP contribution in [-0.2, 0) is 11.3 Å². The summed E-state index contributed by atoms with van der Waals surface area (Å²) in [5, 5.41) is 11.9. The van der Waals surface area contributed by atoms with Gasteiger partial charge < -0.3 is 0 Å². The standard InChI is InChI=1S/C11H6F3O/c12-11(13,14)8-5-4-7-2-1-3-10(15)9(7)6-8/h1-6H. The Bertz CT molecular complexity index is 503. The number of fused-ring (bicyclic) bond motifs is 1. The highest BCUT2D eigenvalue weighted by Crippen LogP contribution is 2.33. The first kappa shape index (κ1) is 9.83. The van der Waals surface area contributed by atoms with E-state index in [1.165, 1.54) is 18.2 Å². The molecule has 0 spiro atoms. The molecule has 2 aromatic carbocycles. The minimum Gasteiger partial charge on any atom is -0.289 e. The molecule has 0 bridgehead atoms. The van der Waals surface area contributed by atoms with E-state index in [9.17, 15) is 18.3 Å². The number of rotatable bonds is 0. The summed E-state index contributed by atoms with van der Waals surface area (Å²) < 4.78 is 37.0. The topological polar surface area (TPSA) is 19.9 Å². The maximum Gasteiger partial charge on any atom is 0.416 e. The molecule has 0 N–H and O–H groups in total. The number of halogens is 3. The lowest BCUT2D eigenvalue weighted by Gasteiger charge is -2.07. The number of hydrogen-bond donors (Lipinski definition) is 0. The Hall–Kier alpha value is -1.71. The van der Waals surface area contributed by atoms with Crippen LogP contribution in [0.15, 0.2) is 36.4 Å². The Kier molecular flexibility index (Phi) is 2.07. The van der Waals surface area contributed by atoms with Crippen LogP contribution in [0.3, 0.4) is 0 Å². The highest BCUT2D eigenvalue weighted by molar-refractivity contribution is 5.88. The van der Waals surface area contributed by atoms with Crippen molar-refractivity contribution in [3.8, 4) is 5.75 Å². The van der Waals surface area contributed by atoms with Crippen LogP contribution >= 0.6 is 0 Å². The first-order valence-corrected chi connectivity index (χ1v) is 4.25. The molecule has 77 valence electrons. The van der Waals surface area contributed by atoms with Gasteiger partial charge in [0.1, 0.15) is 0 Å². The van der Waals surface area contributed by atoms with Crippen LogP contribution in [0.4, 0.5) is 13.2 Å². The second-order valence-corrected chi connectivity index (χ2v) is 3.19. The van der Waals surface area contributed by atoms with Gasteiger partial charge in [-0.15, -0.1) is 0 Å². The molecule has 1 radical (unpaired) electrons. The molecule has 1 nitrogen and oxygen atoms in total. The Morgan fingerprint density at radius 1 is 1.00 bits per heavy atom. The van der Waals surface area contributed by atoms with Gasteiger partial charge in [0.15, 0.2) is 5.75 Å². The number of benzene rings is 2. The quantitative estimate of drug-likeness (QED) is 0.627. The molecule has 0 heterocycles. The summed E-state index contributed by atoms with van der Waals surface area (Å²) >= 11 is 0. The third-order valence-corrected chi connectivity index (χ3v) is 2.17. The fourth-order valence-corrected chi connectivity index (χ4v) is 1.42. The molecule has 0 aromatic heterocycles. The van der Waals surface area contributed by atoms with E-state index in [1.54, 1.807) is 6.07 Å². The first-order chi connectivity index (χ1) is 6.98. The molecule has 2 aromatic rings. The molecule has 0 unspecified atom stereocenters. The molecule has 15 heavy (non-hydrogen) atoms. The SMILES string of the molecule is [O]c1cccc2ccc(C(F)(F)F)cc12. The lowest BCUT2D eigenvalue weighted by Crippen LogP contribution is -2.04. The summed E-state index contributed by atoms with van der Waals surface area (Å²) in [6.45, 7) is 0. The van der Waals surface area contributed by atoms with Crippen LogP contribution in [0.1, 0.15) is 5.56 Å². The summed E-state index contributed by atoms with van der Waals surface area (Å²) in [6.07, 6.45) is -4.41. The van der Waals surface area contributed by atoms with E-state index >= 15 is 0 Å². The molecule has 0 amide bonds. The fourth-order valence-electron chi connectivity index (χ4n) is 1.42. The Labute approximate surface area is 83.8 Å². The molecule has 0 aliphatic carbocycles. The van der Waals surface area contributed by atoms with Crippen LogP contribution in [-0.4, -0.2) is 0 Å². The maximum atomic E-state index is 12.3. The molecule has 2 rings (SSSR count). The Balaban J connectivity index is 2.70. The van der Waals surface area contributed by atoms with E-state index in [4.69, 9.17) is 0 Å². The van der Waals surface area contributed by atoms with Gasteiger partial charge in [-0.1, -0.05) is 18.2 Å². The van der Waals surface area contributed by atoms with Crippen LogP contribution in [0.2, 0.25) is 0 Å². The van der Waals surface area contributed by atoms with Crippen LogP contribution in [0.25, 0.3) is 10.8 Å². The third kappa shape index (κ3) is 1.75. The van der Waals surface area contributed by atoms with Crippen molar-refractivity contribution in [3.63, 3.8) is 0 Å². The van der Waals surface area contributed by atoms with E-state index in [1.807, 2.05) is 0 Å². The third-order valence-electron chi connectivity index (χ3n) is 2.17. The minimum atomic E-state index is -4.41. The van der Waals surface area contributed by atoms with Crippen LogP contribution in [0, 0.1) is 0 Å². The van der Waals surface area contributed by atoms with E-state index in [0.717, 1.165) is 12.1 Å². The summed E-state index contributed by atoms with van der Waals surface area (Å²) in [4.78, 5) is 0. The van der Waals surface area contributed by atoms with E-state index in [2.05, 4.69) is 0 Å². The van der Waals surface area contributed by atoms with Crippen LogP contribution in [0.5, 0.6) is 5.75 Å². The van der Waals surface area contributed by atoms with Gasteiger partial charge >= 0.3 is 6.18 Å². The average Bonchev–Trinajstić information content (AvgIpc) is 2.16. The fraction of sp³-hybridized carbons (Fsp3) is 0.0909. The predicted molar refractivity (Wildman–Crippen MR) is 49.1 cm³/mol. The molecule has 0 atom stereocenters. The van der Waals surface area contributed by atoms with Gasteiger partial charge in [0, 0.05) is 5.39 Å². The molecule has 4 heteroatoms. The largest absolute Gasteiger partial charge is 0.416 e. The Morgan fingerprint density at radius 2 is 1.73 bits per heavy atom. The van der Waals surface area contributed by atoms with Crippen molar-refractivity contribution in [3.05, 3.63) is 42.0 Å². The molecule has 0 saturated carbocycles. The van der Waals surface area contributed by atoms with E-state index in [0.29, 0.717) is 5.39 Å². The lowest BCUT2D eigenvalue weighted by molar-refractivity contribution is -0.137. The summed E-state index contributed by atoms with van der Waals surface area (Å²) in [6, 6.07) is 7.55. The van der Waals surface area contributed by atoms with Crippen molar-refractivity contribution < 1.29 is 18.3 Å². The predicted octanol–water partition coefficient (Wildman–Crippen LogP) is 4.00. The summed E-state index contributed by atoms with van der Waals surface area (Å²) in [5.74, 6) is -0.390. The van der Waals surface area contributed by atoms with Gasteiger partial charge in [-0.25, -0.2) is 0 Å². The van der Waals surface area contributed by atoms with Gasteiger partial charge in [-0.05, 0) is 23.6 Å². The zero-order chi connectivity index (χ0) is 11.1. The Morgan fingerprint density at radius 3 is 2.40 bits per heavy atom. The van der Waals surface area contributed by atoms with Crippen molar-refractivity contribution in [1.82, 2.24) is 0 Å². The van der Waals surface area contributed by atoms with Gasteiger partial charge in [0.2, 0.25) is 0 Å². The van der Waals surface area contributed by atoms with Gasteiger partial charge in [-0.3, -0.25) is 5.11 Å². The molecule has 0 aliphatic rings. The minimum absolute atomic E-state index is 0.104. The van der Waals surface area contributed by atoms with Crippen molar-refractivity contribution in [2.45, 2.75) is 6.18 Å². The van der Waals surface area contributed by atoms with Crippen molar-refractivity contribution in [2.75, 3.05) is 0 Å². The number of hydrogen-bond acceptors (Lipinski definition) is 0. The van der Waals surface area contributed by atoms with Crippen molar-refractivity contribution >= 4 is 10.8 Å². The summed E-state index contributed by atoms with van der Waals surface area (Å²) in [5.41, 5.74) is -0.793. The zero-order valence-corrected chi connectivity index (χ0v) is 7.51. The smallest absolute Gasteiger partial charge is 0.289 e. The summed E-state index contributed by atoms with van der Waals surface area (Å²) in [7, 11) is 0. The molecule has 0 aliphatic heterocycles. The number of alkyl halides is 3. The molecular weight excluding hydrogens is 205 g/mol. The first-order valence-electron chi connectivity index (χ1n) is 4.25. The molecule has 0 fully saturated rings. The van der Waals surface area contributed by atoms with Gasteiger partial charge in [0.05, 0.1) is 5.56 Å². The van der Waals surface area contributed by atoms with E-state index in [-0.39, 0.29) is 5.39 Å². The molecular formula is C11H6F3O. The van der Waals surface area contributed by atoms with E-state index < -0.39 is 17.5 Å². The highest BCUT2D eigenvalue weighted by atomic mass is 19.4. The normalized spacial score (nSPS) is 11.9. The maximum absolute atomic E-state index is 12.3. The van der Waals surface area contributed by atoms with Crippen molar-refractivity contribution in [2.24, 2.45) is 0 Å². The second kappa shape index (κ2) is 3.15.